The number of ether oxygens (including phenoxy) is 1. The van der Waals surface area contributed by atoms with E-state index in [9.17, 15) is 4.79 Å². The number of furan rings is 1. The lowest BCUT2D eigenvalue weighted by molar-refractivity contribution is 0.0697. The maximum absolute atomic E-state index is 12.9. The van der Waals surface area contributed by atoms with Crippen LogP contribution >= 0.6 is 12.2 Å². The van der Waals surface area contributed by atoms with Crippen molar-refractivity contribution in [3.05, 3.63) is 65.1 Å². The molecule has 1 aliphatic carbocycles. The first kappa shape index (κ1) is 20.1. The molecule has 30 heavy (non-hydrogen) atoms. The fraction of sp³-hybridized carbons (Fsp3) is 0.261. The zero-order chi connectivity index (χ0) is 21.5. The minimum atomic E-state index is -0.531. The van der Waals surface area contributed by atoms with Gasteiger partial charge in [-0.05, 0) is 53.9 Å². The van der Waals surface area contributed by atoms with E-state index >= 15 is 0 Å². The standard InChI is InChI=1S/C23H23N3O3S/c1-13-19-17(25-26-22(24)30)11-23(2,3)12-18(19)29-20(13)21(27)28-16-9-8-14-6-4-5-7-15(14)10-16/h4-10H,11-12H2,1-3H3,(H3,24,26,30)/b25-17-. The Labute approximate surface area is 180 Å². The molecule has 1 aromatic heterocycles. The number of benzene rings is 2. The van der Waals surface area contributed by atoms with E-state index in [1.54, 1.807) is 6.07 Å². The summed E-state index contributed by atoms with van der Waals surface area (Å²) in [7, 11) is 0. The van der Waals surface area contributed by atoms with Gasteiger partial charge in [-0.25, -0.2) is 4.79 Å². The van der Waals surface area contributed by atoms with Gasteiger partial charge in [0, 0.05) is 17.5 Å². The lowest BCUT2D eigenvalue weighted by Crippen LogP contribution is -2.31. The van der Waals surface area contributed by atoms with Crippen molar-refractivity contribution in [3.63, 3.8) is 0 Å². The molecule has 3 aromatic rings. The van der Waals surface area contributed by atoms with Crippen LogP contribution in [0.25, 0.3) is 10.8 Å². The number of esters is 1. The average Bonchev–Trinajstić information content (AvgIpc) is 3.01. The van der Waals surface area contributed by atoms with Crippen LogP contribution in [0.4, 0.5) is 0 Å². The quantitative estimate of drug-likeness (QED) is 0.281. The third-order valence-corrected chi connectivity index (χ3v) is 5.30. The molecule has 0 saturated heterocycles. The molecule has 0 bridgehead atoms. The van der Waals surface area contributed by atoms with Gasteiger partial charge in [-0.15, -0.1) is 0 Å². The van der Waals surface area contributed by atoms with Gasteiger partial charge in [0.1, 0.15) is 11.5 Å². The Morgan fingerprint density at radius 1 is 1.20 bits per heavy atom. The number of nitrogens with two attached hydrogens (primary N) is 1. The third-order valence-electron chi connectivity index (χ3n) is 5.21. The Morgan fingerprint density at radius 3 is 2.67 bits per heavy atom. The molecule has 0 aliphatic heterocycles. The molecule has 4 rings (SSSR count). The highest BCUT2D eigenvalue weighted by atomic mass is 32.1. The largest absolute Gasteiger partial charge is 0.453 e. The molecule has 0 spiro atoms. The molecule has 0 saturated carbocycles. The smallest absolute Gasteiger partial charge is 0.379 e. The Balaban J connectivity index is 1.67. The van der Waals surface area contributed by atoms with Crippen LogP contribution in [0.3, 0.4) is 0 Å². The molecule has 6 nitrogen and oxygen atoms in total. The van der Waals surface area contributed by atoms with Gasteiger partial charge < -0.3 is 14.9 Å². The van der Waals surface area contributed by atoms with E-state index in [4.69, 9.17) is 27.1 Å². The van der Waals surface area contributed by atoms with Crippen LogP contribution in [-0.2, 0) is 6.42 Å². The van der Waals surface area contributed by atoms with Crippen molar-refractivity contribution in [2.24, 2.45) is 16.3 Å². The second-order valence-electron chi connectivity index (χ2n) is 8.31. The summed E-state index contributed by atoms with van der Waals surface area (Å²) in [5.41, 5.74) is 10.4. The fourth-order valence-electron chi connectivity index (χ4n) is 3.91. The van der Waals surface area contributed by atoms with Crippen molar-refractivity contribution >= 4 is 39.8 Å². The molecule has 2 aromatic carbocycles. The molecule has 0 atom stereocenters. The summed E-state index contributed by atoms with van der Waals surface area (Å²) in [5.74, 6) is 0.847. The van der Waals surface area contributed by atoms with Crippen LogP contribution < -0.4 is 15.9 Å². The van der Waals surface area contributed by atoms with Crippen molar-refractivity contribution in [2.45, 2.75) is 33.6 Å². The minimum Gasteiger partial charge on any atom is -0.453 e. The summed E-state index contributed by atoms with van der Waals surface area (Å²) in [6, 6.07) is 13.4. The van der Waals surface area contributed by atoms with Gasteiger partial charge in [-0.2, -0.15) is 5.10 Å². The van der Waals surface area contributed by atoms with Gasteiger partial charge in [-0.1, -0.05) is 44.2 Å². The van der Waals surface area contributed by atoms with Crippen LogP contribution in [0.15, 0.2) is 52.0 Å². The molecule has 0 fully saturated rings. The number of nitrogens with one attached hydrogen (secondary N) is 1. The SMILES string of the molecule is Cc1c(C(=O)Oc2ccc3ccccc3c2)oc2c1/C(=N\NC(N)=S)CC(C)(C)C2. The van der Waals surface area contributed by atoms with E-state index in [1.165, 1.54) is 0 Å². The van der Waals surface area contributed by atoms with Gasteiger partial charge in [0.25, 0.3) is 0 Å². The van der Waals surface area contributed by atoms with E-state index in [0.717, 1.165) is 27.8 Å². The number of carbonyl (C=O) groups is 1. The summed E-state index contributed by atoms with van der Waals surface area (Å²) in [6.07, 6.45) is 1.40. The second kappa shape index (κ2) is 7.57. The van der Waals surface area contributed by atoms with E-state index in [0.29, 0.717) is 24.2 Å². The summed E-state index contributed by atoms with van der Waals surface area (Å²) in [4.78, 5) is 12.9. The summed E-state index contributed by atoms with van der Waals surface area (Å²) in [6.45, 7) is 6.09. The highest BCUT2D eigenvalue weighted by Crippen LogP contribution is 2.39. The van der Waals surface area contributed by atoms with Gasteiger partial charge in [0.15, 0.2) is 5.11 Å². The minimum absolute atomic E-state index is 0.0758. The fourth-order valence-corrected chi connectivity index (χ4v) is 3.96. The van der Waals surface area contributed by atoms with Crippen LogP contribution in [0, 0.1) is 12.3 Å². The molecular weight excluding hydrogens is 398 g/mol. The summed E-state index contributed by atoms with van der Waals surface area (Å²) in [5, 5.41) is 6.52. The Bertz CT molecular complexity index is 1190. The Kier molecular flexibility index (Phi) is 5.07. The molecule has 154 valence electrons. The van der Waals surface area contributed by atoms with Gasteiger partial charge in [-0.3, -0.25) is 5.43 Å². The van der Waals surface area contributed by atoms with Gasteiger partial charge >= 0.3 is 5.97 Å². The topological polar surface area (TPSA) is 89.8 Å². The van der Waals surface area contributed by atoms with Crippen molar-refractivity contribution in [1.29, 1.82) is 0 Å². The second-order valence-corrected chi connectivity index (χ2v) is 8.74. The van der Waals surface area contributed by atoms with Crippen LogP contribution in [-0.4, -0.2) is 16.8 Å². The number of rotatable bonds is 3. The van der Waals surface area contributed by atoms with Gasteiger partial charge in [0.05, 0.1) is 5.71 Å². The maximum atomic E-state index is 12.9. The molecule has 3 N–H and O–H groups in total. The number of nitrogens with zero attached hydrogens (tertiary/aromatic N) is 1. The highest BCUT2D eigenvalue weighted by molar-refractivity contribution is 7.80. The zero-order valence-corrected chi connectivity index (χ0v) is 17.9. The Morgan fingerprint density at radius 2 is 1.93 bits per heavy atom. The average molecular weight is 422 g/mol. The number of fused-ring (bicyclic) bond motifs is 2. The van der Waals surface area contributed by atoms with Crippen molar-refractivity contribution in [2.75, 3.05) is 0 Å². The van der Waals surface area contributed by atoms with Crippen molar-refractivity contribution in [3.8, 4) is 5.75 Å². The van der Waals surface area contributed by atoms with Crippen molar-refractivity contribution < 1.29 is 13.9 Å². The predicted octanol–water partition coefficient (Wildman–Crippen LogP) is 4.47. The first-order valence-corrected chi connectivity index (χ1v) is 10.1. The Hall–Kier alpha value is -3.19. The molecule has 1 heterocycles. The molecular formula is C23H23N3O3S. The summed E-state index contributed by atoms with van der Waals surface area (Å²) < 4.78 is 11.6. The molecule has 0 radical (unpaired) electrons. The highest BCUT2D eigenvalue weighted by Gasteiger charge is 2.36. The monoisotopic (exact) mass is 421 g/mol. The summed E-state index contributed by atoms with van der Waals surface area (Å²) >= 11 is 4.87. The van der Waals surface area contributed by atoms with Crippen LogP contribution in [0.1, 0.15) is 47.7 Å². The maximum Gasteiger partial charge on any atom is 0.379 e. The van der Waals surface area contributed by atoms with E-state index in [2.05, 4.69) is 24.4 Å². The number of thiocarbonyl (C=S) groups is 1. The van der Waals surface area contributed by atoms with Gasteiger partial charge in [0.2, 0.25) is 5.76 Å². The lowest BCUT2D eigenvalue weighted by Gasteiger charge is -2.29. The first-order chi connectivity index (χ1) is 14.2. The predicted molar refractivity (Wildman–Crippen MR) is 121 cm³/mol. The van der Waals surface area contributed by atoms with Crippen molar-refractivity contribution in [1.82, 2.24) is 5.43 Å². The number of carbonyl (C=O) groups excluding carboxylic acids is 1. The zero-order valence-electron chi connectivity index (χ0n) is 17.1. The molecule has 0 unspecified atom stereocenters. The molecule has 0 amide bonds. The van der Waals surface area contributed by atoms with Crippen LogP contribution in [0.5, 0.6) is 5.75 Å². The third kappa shape index (κ3) is 3.93. The first-order valence-electron chi connectivity index (χ1n) is 9.69. The van der Waals surface area contributed by atoms with E-state index < -0.39 is 5.97 Å². The van der Waals surface area contributed by atoms with E-state index in [-0.39, 0.29) is 16.3 Å². The van der Waals surface area contributed by atoms with E-state index in [1.807, 2.05) is 43.3 Å². The normalized spacial score (nSPS) is 16.3. The molecule has 7 heteroatoms. The van der Waals surface area contributed by atoms with Crippen LogP contribution in [0.2, 0.25) is 0 Å². The lowest BCUT2D eigenvalue weighted by atomic mass is 9.75. The molecule has 1 aliphatic rings. The number of hydrogen-bond acceptors (Lipinski definition) is 5. The number of hydrogen-bond donors (Lipinski definition) is 2. The number of hydrazone groups is 1.